The van der Waals surface area contributed by atoms with Crippen LogP contribution in [0.3, 0.4) is 0 Å². The fourth-order valence-electron chi connectivity index (χ4n) is 1.35. The van der Waals surface area contributed by atoms with E-state index in [9.17, 15) is 20.2 Å². The minimum Gasteiger partial charge on any atom is -0.508 e. The number of phenolic OH excluding ortho intramolecular Hbond substituents is 1. The Morgan fingerprint density at radius 2 is 1.40 bits per heavy atom. The SMILES string of the molecule is Cc1cccc(O)c1.O=[N+]([O-])c1cccc([N+](=O)[O-])c1. The number of phenols is 1. The van der Waals surface area contributed by atoms with Gasteiger partial charge in [0.1, 0.15) is 5.75 Å². The number of nitrogens with zero attached hydrogens (tertiary/aromatic N) is 2. The highest BCUT2D eigenvalue weighted by Crippen LogP contribution is 2.18. The molecule has 0 radical (unpaired) electrons. The van der Waals surface area contributed by atoms with Crippen molar-refractivity contribution in [1.82, 2.24) is 0 Å². The Kier molecular flexibility index (Phi) is 5.16. The average molecular weight is 276 g/mol. The number of rotatable bonds is 2. The molecule has 0 aliphatic carbocycles. The van der Waals surface area contributed by atoms with Gasteiger partial charge in [-0.15, -0.1) is 0 Å². The summed E-state index contributed by atoms with van der Waals surface area (Å²) in [7, 11) is 0. The van der Waals surface area contributed by atoms with E-state index in [-0.39, 0.29) is 11.4 Å². The van der Waals surface area contributed by atoms with E-state index in [0.717, 1.165) is 11.6 Å². The molecule has 0 heterocycles. The number of nitro benzene ring substituents is 2. The van der Waals surface area contributed by atoms with Crippen LogP contribution < -0.4 is 0 Å². The molecule has 2 aromatic carbocycles. The zero-order valence-corrected chi connectivity index (χ0v) is 10.6. The Hall–Kier alpha value is -2.96. The summed E-state index contributed by atoms with van der Waals surface area (Å²) in [6, 6.07) is 11.7. The smallest absolute Gasteiger partial charge is 0.276 e. The first kappa shape index (κ1) is 15.1. The first-order valence-electron chi connectivity index (χ1n) is 5.54. The second-order valence-corrected chi connectivity index (χ2v) is 3.87. The zero-order chi connectivity index (χ0) is 15.1. The summed E-state index contributed by atoms with van der Waals surface area (Å²) in [5.41, 5.74) is 0.540. The number of aryl methyl sites for hydroxylation is 1. The highest BCUT2D eigenvalue weighted by atomic mass is 16.6. The molecule has 7 nitrogen and oxygen atoms in total. The summed E-state index contributed by atoms with van der Waals surface area (Å²) in [6.45, 7) is 1.94. The molecule has 0 unspecified atom stereocenters. The Morgan fingerprint density at radius 3 is 1.75 bits per heavy atom. The van der Waals surface area contributed by atoms with Gasteiger partial charge in [-0.05, 0) is 30.7 Å². The van der Waals surface area contributed by atoms with Crippen molar-refractivity contribution < 1.29 is 15.0 Å². The van der Waals surface area contributed by atoms with Gasteiger partial charge in [0.2, 0.25) is 0 Å². The van der Waals surface area contributed by atoms with Gasteiger partial charge in [0, 0.05) is 12.1 Å². The summed E-state index contributed by atoms with van der Waals surface area (Å²) >= 11 is 0. The van der Waals surface area contributed by atoms with E-state index in [2.05, 4.69) is 0 Å². The third-order valence-electron chi connectivity index (χ3n) is 2.25. The molecule has 0 aliphatic rings. The van der Waals surface area contributed by atoms with Gasteiger partial charge in [-0.1, -0.05) is 12.1 Å². The molecular formula is C13H12N2O5. The van der Waals surface area contributed by atoms with Crippen molar-refractivity contribution in [3.05, 3.63) is 74.3 Å². The molecule has 0 aromatic heterocycles. The minimum absolute atomic E-state index is 0.274. The number of hydrogen-bond donors (Lipinski definition) is 1. The summed E-state index contributed by atoms with van der Waals surface area (Å²) in [5, 5.41) is 29.1. The van der Waals surface area contributed by atoms with Gasteiger partial charge < -0.3 is 5.11 Å². The van der Waals surface area contributed by atoms with Gasteiger partial charge in [0.05, 0.1) is 15.9 Å². The van der Waals surface area contributed by atoms with Crippen molar-refractivity contribution in [3.63, 3.8) is 0 Å². The van der Waals surface area contributed by atoms with E-state index < -0.39 is 9.85 Å². The highest BCUT2D eigenvalue weighted by molar-refractivity contribution is 5.42. The van der Waals surface area contributed by atoms with E-state index in [0.29, 0.717) is 5.75 Å². The number of non-ortho nitro benzene ring substituents is 2. The average Bonchev–Trinajstić information content (AvgIpc) is 2.39. The molecule has 0 atom stereocenters. The molecule has 0 saturated carbocycles. The molecule has 1 N–H and O–H groups in total. The van der Waals surface area contributed by atoms with Crippen molar-refractivity contribution in [1.29, 1.82) is 0 Å². The Bertz CT molecular complexity index is 581. The maximum atomic E-state index is 10.2. The van der Waals surface area contributed by atoms with Crippen LogP contribution in [0.25, 0.3) is 0 Å². The number of aromatic hydroxyl groups is 1. The molecular weight excluding hydrogens is 264 g/mol. The maximum absolute atomic E-state index is 10.2. The largest absolute Gasteiger partial charge is 0.508 e. The Balaban J connectivity index is 0.000000217. The predicted molar refractivity (Wildman–Crippen MR) is 72.6 cm³/mol. The lowest BCUT2D eigenvalue weighted by molar-refractivity contribution is -0.394. The molecule has 2 rings (SSSR count). The van der Waals surface area contributed by atoms with Crippen molar-refractivity contribution in [2.75, 3.05) is 0 Å². The van der Waals surface area contributed by atoms with E-state index in [4.69, 9.17) is 5.11 Å². The first-order chi connectivity index (χ1) is 9.40. The van der Waals surface area contributed by atoms with Gasteiger partial charge in [0.15, 0.2) is 0 Å². The lowest BCUT2D eigenvalue weighted by atomic mass is 10.2. The summed E-state index contributed by atoms with van der Waals surface area (Å²) in [5.74, 6) is 0.338. The number of nitro groups is 2. The lowest BCUT2D eigenvalue weighted by Gasteiger charge is -1.90. The second-order valence-electron chi connectivity index (χ2n) is 3.87. The van der Waals surface area contributed by atoms with Gasteiger partial charge >= 0.3 is 0 Å². The molecule has 2 aromatic rings. The topological polar surface area (TPSA) is 107 Å². The van der Waals surface area contributed by atoms with Crippen LogP contribution in [-0.4, -0.2) is 15.0 Å². The van der Waals surface area contributed by atoms with Crippen molar-refractivity contribution in [2.45, 2.75) is 6.92 Å². The van der Waals surface area contributed by atoms with Crippen LogP contribution in [-0.2, 0) is 0 Å². The summed E-state index contributed by atoms with van der Waals surface area (Å²) < 4.78 is 0. The molecule has 7 heteroatoms. The van der Waals surface area contributed by atoms with Crippen LogP contribution in [0.2, 0.25) is 0 Å². The normalized spacial score (nSPS) is 9.25. The zero-order valence-electron chi connectivity index (χ0n) is 10.6. The van der Waals surface area contributed by atoms with E-state index in [1.165, 1.54) is 18.2 Å². The van der Waals surface area contributed by atoms with Crippen LogP contribution in [0, 0.1) is 27.2 Å². The third-order valence-corrected chi connectivity index (χ3v) is 2.25. The lowest BCUT2D eigenvalue weighted by Crippen LogP contribution is -1.91. The van der Waals surface area contributed by atoms with E-state index in [1.54, 1.807) is 12.1 Å². The Morgan fingerprint density at radius 1 is 0.900 bits per heavy atom. The molecule has 0 aliphatic heterocycles. The molecule has 0 amide bonds. The van der Waals surface area contributed by atoms with Crippen LogP contribution in [0.5, 0.6) is 5.75 Å². The molecule has 0 spiro atoms. The van der Waals surface area contributed by atoms with Gasteiger partial charge in [0.25, 0.3) is 11.4 Å². The fourth-order valence-corrected chi connectivity index (χ4v) is 1.35. The third kappa shape index (κ3) is 4.73. The van der Waals surface area contributed by atoms with Crippen LogP contribution in [0.4, 0.5) is 11.4 Å². The van der Waals surface area contributed by atoms with Gasteiger partial charge in [-0.25, -0.2) is 0 Å². The summed E-state index contributed by atoms with van der Waals surface area (Å²) in [4.78, 5) is 19.0. The van der Waals surface area contributed by atoms with Crippen LogP contribution in [0.15, 0.2) is 48.5 Å². The maximum Gasteiger partial charge on any atom is 0.276 e. The molecule has 0 fully saturated rings. The predicted octanol–water partition coefficient (Wildman–Crippen LogP) is 3.20. The van der Waals surface area contributed by atoms with Gasteiger partial charge in [-0.3, -0.25) is 20.2 Å². The van der Waals surface area contributed by atoms with Crippen LogP contribution >= 0.6 is 0 Å². The minimum atomic E-state index is -0.674. The molecule has 0 bridgehead atoms. The summed E-state index contributed by atoms with van der Waals surface area (Å²) in [6.07, 6.45) is 0. The number of hydrogen-bond acceptors (Lipinski definition) is 5. The molecule has 104 valence electrons. The standard InChI is InChI=1S/C7H8O.C6H4N2O4/c1-6-3-2-4-7(8)5-6;9-7(10)5-2-1-3-6(4-5)8(11)12/h2-5,8H,1H3;1-4H. The molecule has 20 heavy (non-hydrogen) atoms. The van der Waals surface area contributed by atoms with Crippen molar-refractivity contribution in [3.8, 4) is 5.75 Å². The van der Waals surface area contributed by atoms with Crippen molar-refractivity contribution >= 4 is 11.4 Å². The van der Waals surface area contributed by atoms with E-state index in [1.807, 2.05) is 19.1 Å². The van der Waals surface area contributed by atoms with Crippen molar-refractivity contribution in [2.24, 2.45) is 0 Å². The monoisotopic (exact) mass is 276 g/mol. The quantitative estimate of drug-likeness (QED) is 0.669. The Labute approximate surface area is 114 Å². The first-order valence-corrected chi connectivity index (χ1v) is 5.54. The van der Waals surface area contributed by atoms with Crippen LogP contribution in [0.1, 0.15) is 5.56 Å². The highest BCUT2D eigenvalue weighted by Gasteiger charge is 2.11. The van der Waals surface area contributed by atoms with E-state index >= 15 is 0 Å². The van der Waals surface area contributed by atoms with Gasteiger partial charge in [-0.2, -0.15) is 0 Å². The number of benzene rings is 2. The second kappa shape index (κ2) is 6.83. The molecule has 0 saturated heterocycles. The fraction of sp³-hybridized carbons (Fsp3) is 0.0769.